The molecule has 1 fully saturated rings. The Morgan fingerprint density at radius 1 is 1.29 bits per heavy atom. The van der Waals surface area contributed by atoms with Gasteiger partial charge in [0.1, 0.15) is 5.82 Å². The maximum atomic E-state index is 13.2. The van der Waals surface area contributed by atoms with Crippen LogP contribution in [0.4, 0.5) is 23.8 Å². The molecule has 3 aromatic rings. The lowest BCUT2D eigenvalue weighted by molar-refractivity contribution is -0.137. The number of nitriles is 1. The molecular weight excluding hydrogens is 459 g/mol. The third-order valence-electron chi connectivity index (χ3n) is 6.81. The lowest BCUT2D eigenvalue weighted by atomic mass is 9.76. The molecule has 35 heavy (non-hydrogen) atoms. The number of halogens is 3. The first kappa shape index (κ1) is 22.7. The minimum atomic E-state index is -4.61. The van der Waals surface area contributed by atoms with Gasteiger partial charge in [-0.05, 0) is 37.1 Å². The van der Waals surface area contributed by atoms with Crippen LogP contribution in [0.2, 0.25) is 0 Å². The molecule has 0 saturated carbocycles. The Morgan fingerprint density at radius 3 is 2.74 bits per heavy atom. The van der Waals surface area contributed by atoms with Gasteiger partial charge in [0.15, 0.2) is 0 Å². The number of alkyl halides is 3. The van der Waals surface area contributed by atoms with Crippen LogP contribution in [0.5, 0.6) is 0 Å². The van der Waals surface area contributed by atoms with E-state index in [0.29, 0.717) is 30.9 Å². The Labute approximate surface area is 199 Å². The van der Waals surface area contributed by atoms with Gasteiger partial charge in [-0.3, -0.25) is 4.68 Å². The number of carbonyl (C=O) groups is 1. The van der Waals surface area contributed by atoms with E-state index in [2.05, 4.69) is 21.5 Å². The van der Waals surface area contributed by atoms with Crippen molar-refractivity contribution in [1.29, 1.82) is 5.26 Å². The molecule has 5 rings (SSSR count). The van der Waals surface area contributed by atoms with Crippen LogP contribution in [0.3, 0.4) is 0 Å². The van der Waals surface area contributed by atoms with Crippen molar-refractivity contribution in [3.05, 3.63) is 65.0 Å². The van der Waals surface area contributed by atoms with Gasteiger partial charge in [0.25, 0.3) is 0 Å². The van der Waals surface area contributed by atoms with Crippen molar-refractivity contribution in [1.82, 2.24) is 25.0 Å². The van der Waals surface area contributed by atoms with E-state index >= 15 is 0 Å². The standard InChI is InChI=1S/C24H22F3N7O/c1-14(17-5-3-2-4-15(17)10-28)31-22(35)33-12-23(13-33)6-7-34-20(23)9-19(32-34)16-8-18(24(25,26)27)21(29)30-11-16/h2-5,8-9,11,14H,6-7,12-13H2,1H3,(H2,29,30)(H,31,35). The maximum absolute atomic E-state index is 13.2. The number of aryl methyl sites for hydroxylation is 1. The van der Waals surface area contributed by atoms with Gasteiger partial charge in [-0.15, -0.1) is 0 Å². The predicted octanol–water partition coefficient (Wildman–Crippen LogP) is 3.85. The number of nitrogen functional groups attached to an aromatic ring is 1. The third kappa shape index (κ3) is 3.84. The Balaban J connectivity index is 1.30. The van der Waals surface area contributed by atoms with E-state index < -0.39 is 17.6 Å². The fourth-order valence-corrected chi connectivity index (χ4v) is 4.92. The number of fused-ring (bicyclic) bond motifs is 2. The SMILES string of the molecule is CC(NC(=O)N1CC2(CCn3nc(-c4cnc(N)c(C(F)(F)F)c4)cc32)C1)c1ccccc1C#N. The van der Waals surface area contributed by atoms with Gasteiger partial charge in [-0.2, -0.15) is 23.5 Å². The summed E-state index contributed by atoms with van der Waals surface area (Å²) in [6.45, 7) is 3.40. The van der Waals surface area contributed by atoms with Crippen LogP contribution in [0.1, 0.15) is 41.8 Å². The molecule has 1 aromatic carbocycles. The summed E-state index contributed by atoms with van der Waals surface area (Å²) in [5.41, 5.74) is 6.92. The number of anilines is 1. The normalized spacial score (nSPS) is 16.9. The fourth-order valence-electron chi connectivity index (χ4n) is 4.92. The molecule has 0 bridgehead atoms. The molecule has 0 aliphatic carbocycles. The van der Waals surface area contributed by atoms with Crippen LogP contribution < -0.4 is 11.1 Å². The van der Waals surface area contributed by atoms with Crippen LogP contribution in [0.15, 0.2) is 42.6 Å². The zero-order valence-corrected chi connectivity index (χ0v) is 18.8. The molecule has 11 heteroatoms. The number of nitrogens with zero attached hydrogens (tertiary/aromatic N) is 5. The second kappa shape index (κ2) is 8.01. The maximum Gasteiger partial charge on any atom is 0.419 e. The molecule has 8 nitrogen and oxygen atoms in total. The summed E-state index contributed by atoms with van der Waals surface area (Å²) in [6, 6.07) is 11.4. The molecular formula is C24H22F3N7O. The molecule has 1 saturated heterocycles. The second-order valence-corrected chi connectivity index (χ2v) is 9.05. The van der Waals surface area contributed by atoms with Gasteiger partial charge >= 0.3 is 12.2 Å². The van der Waals surface area contributed by atoms with E-state index in [1.54, 1.807) is 27.8 Å². The quantitative estimate of drug-likeness (QED) is 0.590. The van der Waals surface area contributed by atoms with Gasteiger partial charge in [0.2, 0.25) is 0 Å². The number of urea groups is 1. The number of pyridine rings is 1. The van der Waals surface area contributed by atoms with Gasteiger partial charge in [0, 0.05) is 42.5 Å². The largest absolute Gasteiger partial charge is 0.419 e. The van der Waals surface area contributed by atoms with Crippen LogP contribution in [0.25, 0.3) is 11.3 Å². The number of nitrogens with one attached hydrogen (secondary N) is 1. The summed E-state index contributed by atoms with van der Waals surface area (Å²) < 4.78 is 41.5. The van der Waals surface area contributed by atoms with Crippen LogP contribution in [-0.4, -0.2) is 38.8 Å². The van der Waals surface area contributed by atoms with Crippen molar-refractivity contribution in [2.45, 2.75) is 37.5 Å². The molecule has 2 aliphatic rings. The first-order chi connectivity index (χ1) is 16.6. The Bertz CT molecular complexity index is 1350. The molecule has 1 unspecified atom stereocenters. The molecule has 2 aliphatic heterocycles. The van der Waals surface area contributed by atoms with Crippen molar-refractivity contribution in [2.75, 3.05) is 18.8 Å². The first-order valence-corrected chi connectivity index (χ1v) is 11.1. The van der Waals surface area contributed by atoms with Crippen molar-refractivity contribution in [3.8, 4) is 17.3 Å². The number of nitrogens with two attached hydrogens (primary N) is 1. The van der Waals surface area contributed by atoms with Gasteiger partial charge in [-0.25, -0.2) is 9.78 Å². The summed E-state index contributed by atoms with van der Waals surface area (Å²) >= 11 is 0. The summed E-state index contributed by atoms with van der Waals surface area (Å²) in [5.74, 6) is -0.572. The van der Waals surface area contributed by atoms with Gasteiger partial charge in [-0.1, -0.05) is 18.2 Å². The smallest absolute Gasteiger partial charge is 0.383 e. The fraction of sp³-hybridized carbons (Fsp3) is 0.333. The zero-order chi connectivity index (χ0) is 25.0. The van der Waals surface area contributed by atoms with Crippen molar-refractivity contribution < 1.29 is 18.0 Å². The van der Waals surface area contributed by atoms with Crippen molar-refractivity contribution in [2.24, 2.45) is 0 Å². The Kier molecular flexibility index (Phi) is 5.20. The van der Waals surface area contributed by atoms with Crippen molar-refractivity contribution in [3.63, 3.8) is 0 Å². The molecule has 4 heterocycles. The summed E-state index contributed by atoms with van der Waals surface area (Å²) in [7, 11) is 0. The number of amides is 2. The molecule has 3 N–H and O–H groups in total. The highest BCUT2D eigenvalue weighted by atomic mass is 19.4. The average Bonchev–Trinajstić information content (AvgIpc) is 3.37. The van der Waals surface area contributed by atoms with E-state index in [0.717, 1.165) is 23.7 Å². The lowest BCUT2D eigenvalue weighted by Crippen LogP contribution is -2.62. The van der Waals surface area contributed by atoms with Crippen molar-refractivity contribution >= 4 is 11.8 Å². The number of hydrogen-bond acceptors (Lipinski definition) is 5. The molecule has 0 radical (unpaired) electrons. The molecule has 1 spiro atoms. The lowest BCUT2D eigenvalue weighted by Gasteiger charge is -2.47. The highest BCUT2D eigenvalue weighted by molar-refractivity contribution is 5.76. The number of carbonyl (C=O) groups excluding carboxylic acids is 1. The second-order valence-electron chi connectivity index (χ2n) is 9.05. The number of benzene rings is 1. The number of rotatable bonds is 3. The van der Waals surface area contributed by atoms with E-state index in [1.807, 2.05) is 19.1 Å². The van der Waals surface area contributed by atoms with Gasteiger partial charge in [0.05, 0.1) is 28.9 Å². The highest BCUT2D eigenvalue weighted by Crippen LogP contribution is 2.44. The first-order valence-electron chi connectivity index (χ1n) is 11.1. The Hall–Kier alpha value is -4.07. The minimum Gasteiger partial charge on any atom is -0.383 e. The Morgan fingerprint density at radius 2 is 2.03 bits per heavy atom. The summed E-state index contributed by atoms with van der Waals surface area (Å²) in [4.78, 5) is 18.2. The van der Waals surface area contributed by atoms with Gasteiger partial charge < -0.3 is 16.0 Å². The number of hydrogen-bond donors (Lipinski definition) is 2. The zero-order valence-electron chi connectivity index (χ0n) is 18.8. The molecule has 2 amide bonds. The van der Waals surface area contributed by atoms with Crippen LogP contribution in [0, 0.1) is 11.3 Å². The van der Waals surface area contributed by atoms with Crippen LogP contribution in [-0.2, 0) is 18.1 Å². The number of likely N-dealkylation sites (tertiary alicyclic amines) is 1. The van der Waals surface area contributed by atoms with E-state index in [9.17, 15) is 23.2 Å². The topological polar surface area (TPSA) is 113 Å². The summed E-state index contributed by atoms with van der Waals surface area (Å²) in [6.07, 6.45) is -2.53. The third-order valence-corrected chi connectivity index (χ3v) is 6.81. The van der Waals surface area contributed by atoms with E-state index in [1.165, 1.54) is 6.20 Å². The van der Waals surface area contributed by atoms with Crippen LogP contribution >= 0.6 is 0 Å². The molecule has 180 valence electrons. The number of aromatic nitrogens is 3. The predicted molar refractivity (Wildman–Crippen MR) is 121 cm³/mol. The minimum absolute atomic E-state index is 0.230. The van der Waals surface area contributed by atoms with E-state index in [4.69, 9.17) is 5.73 Å². The highest BCUT2D eigenvalue weighted by Gasteiger charge is 2.51. The van der Waals surface area contributed by atoms with E-state index in [-0.39, 0.29) is 23.1 Å². The molecule has 1 atom stereocenters. The molecule has 2 aromatic heterocycles. The summed E-state index contributed by atoms with van der Waals surface area (Å²) in [5, 5.41) is 16.7. The monoisotopic (exact) mass is 481 g/mol. The average molecular weight is 481 g/mol.